The van der Waals surface area contributed by atoms with Gasteiger partial charge in [-0.25, -0.2) is 0 Å². The van der Waals surface area contributed by atoms with E-state index in [1.54, 1.807) is 0 Å². The van der Waals surface area contributed by atoms with Crippen molar-refractivity contribution in [1.82, 2.24) is 0 Å². The van der Waals surface area contributed by atoms with Gasteiger partial charge in [-0.2, -0.15) is 0 Å². The van der Waals surface area contributed by atoms with Crippen LogP contribution in [-0.2, 0) is 0 Å². The van der Waals surface area contributed by atoms with E-state index in [9.17, 15) is 20.4 Å². The van der Waals surface area contributed by atoms with Crippen molar-refractivity contribution in [3.8, 4) is 0 Å². The molecule has 0 aromatic carbocycles. The lowest BCUT2D eigenvalue weighted by Gasteiger charge is -2.65. The first-order valence-corrected chi connectivity index (χ1v) is 9.53. The number of aliphatic hydroxyl groups is 4. The highest BCUT2D eigenvalue weighted by Gasteiger charge is 2.70. The Bertz CT molecular complexity index is 502. The minimum absolute atomic E-state index is 0.0544. The molecule has 0 aromatic rings. The molecule has 0 aliphatic heterocycles. The van der Waals surface area contributed by atoms with Crippen LogP contribution in [0, 0.1) is 34.5 Å². The summed E-state index contributed by atoms with van der Waals surface area (Å²) in [5, 5.41) is 42.3. The Balaban J connectivity index is 1.74. The largest absolute Gasteiger partial charge is 0.361 e. The summed E-state index contributed by atoms with van der Waals surface area (Å²) in [5.74, 6) is -3.27. The van der Waals surface area contributed by atoms with E-state index in [0.29, 0.717) is 23.7 Å². The van der Waals surface area contributed by atoms with Crippen LogP contribution in [0.25, 0.3) is 0 Å². The van der Waals surface area contributed by atoms with Gasteiger partial charge in [0.05, 0.1) is 0 Å². The number of hydrogen-bond donors (Lipinski definition) is 4. The first-order chi connectivity index (χ1) is 10.6. The molecule has 132 valence electrons. The van der Waals surface area contributed by atoms with Crippen LogP contribution in [0.4, 0.5) is 0 Å². The molecule has 4 heteroatoms. The third-order valence-electron chi connectivity index (χ3n) is 8.84. The molecule has 0 spiro atoms. The molecule has 4 aliphatic rings. The van der Waals surface area contributed by atoms with E-state index < -0.39 is 17.0 Å². The zero-order valence-corrected chi connectivity index (χ0v) is 14.5. The second-order valence-electron chi connectivity index (χ2n) is 9.55. The fraction of sp³-hybridized carbons (Fsp3) is 1.00. The minimum atomic E-state index is -2.42. The molecule has 4 nitrogen and oxygen atoms in total. The van der Waals surface area contributed by atoms with Crippen molar-refractivity contribution >= 4 is 0 Å². The lowest BCUT2D eigenvalue weighted by Crippen LogP contribution is -2.72. The number of fused-ring (bicyclic) bond motifs is 5. The Hall–Kier alpha value is -0.160. The maximum Gasteiger partial charge on any atom is 0.224 e. The predicted molar refractivity (Wildman–Crippen MR) is 86.1 cm³/mol. The standard InChI is InChI=1S/C19H32O4/c1-16-9-3-4-14(16)13-6-5-12-7-11-18(20,21)19(22,23)17(12,2)15(13)8-10-16/h12-15,20-23H,3-11H2,1-2H3/t12-,13-,14-,15-,16-,17-/m0/s1. The van der Waals surface area contributed by atoms with Gasteiger partial charge in [-0.15, -0.1) is 0 Å². The minimum Gasteiger partial charge on any atom is -0.361 e. The van der Waals surface area contributed by atoms with Crippen molar-refractivity contribution in [2.75, 3.05) is 0 Å². The quantitative estimate of drug-likeness (QED) is 0.516. The highest BCUT2D eigenvalue weighted by molar-refractivity contribution is 5.14. The molecule has 0 radical (unpaired) electrons. The monoisotopic (exact) mass is 324 g/mol. The zero-order valence-electron chi connectivity index (χ0n) is 14.5. The van der Waals surface area contributed by atoms with Crippen molar-refractivity contribution in [2.45, 2.75) is 83.2 Å². The Morgan fingerprint density at radius 2 is 1.48 bits per heavy atom. The molecule has 4 fully saturated rings. The van der Waals surface area contributed by atoms with Gasteiger partial charge >= 0.3 is 0 Å². The van der Waals surface area contributed by atoms with Crippen molar-refractivity contribution in [1.29, 1.82) is 0 Å². The lowest BCUT2D eigenvalue weighted by molar-refractivity contribution is -0.436. The maximum atomic E-state index is 10.9. The second kappa shape index (κ2) is 4.72. The summed E-state index contributed by atoms with van der Waals surface area (Å²) < 4.78 is 0. The van der Waals surface area contributed by atoms with E-state index in [0.717, 1.165) is 19.3 Å². The summed E-state index contributed by atoms with van der Waals surface area (Å²) in [6, 6.07) is 0. The van der Waals surface area contributed by atoms with Crippen LogP contribution in [0.2, 0.25) is 0 Å². The smallest absolute Gasteiger partial charge is 0.224 e. The fourth-order valence-corrected chi connectivity index (χ4v) is 7.39. The van der Waals surface area contributed by atoms with Crippen LogP contribution in [0.15, 0.2) is 0 Å². The molecule has 0 saturated heterocycles. The summed E-state index contributed by atoms with van der Waals surface area (Å²) >= 11 is 0. The molecule has 4 rings (SSSR count). The van der Waals surface area contributed by atoms with Crippen molar-refractivity contribution in [3.63, 3.8) is 0 Å². The molecular weight excluding hydrogens is 292 g/mol. The molecule has 0 aromatic heterocycles. The van der Waals surface area contributed by atoms with Crippen molar-refractivity contribution in [3.05, 3.63) is 0 Å². The van der Waals surface area contributed by atoms with E-state index in [1.807, 2.05) is 6.92 Å². The number of rotatable bonds is 0. The van der Waals surface area contributed by atoms with Gasteiger partial charge in [-0.3, -0.25) is 0 Å². The highest BCUT2D eigenvalue weighted by atomic mass is 16.6. The Labute approximate surface area is 138 Å². The average Bonchev–Trinajstić information content (AvgIpc) is 2.86. The van der Waals surface area contributed by atoms with Gasteiger partial charge < -0.3 is 20.4 Å². The molecule has 0 amide bonds. The molecule has 0 heterocycles. The van der Waals surface area contributed by atoms with Crippen LogP contribution in [-0.4, -0.2) is 32.0 Å². The molecular formula is C19H32O4. The van der Waals surface area contributed by atoms with E-state index >= 15 is 0 Å². The fourth-order valence-electron chi connectivity index (χ4n) is 7.39. The van der Waals surface area contributed by atoms with Crippen LogP contribution >= 0.6 is 0 Å². The summed E-state index contributed by atoms with van der Waals surface area (Å²) in [7, 11) is 0. The molecule has 4 N–H and O–H groups in total. The summed E-state index contributed by atoms with van der Waals surface area (Å²) in [4.78, 5) is 0. The predicted octanol–water partition coefficient (Wildman–Crippen LogP) is 2.39. The normalized spacial score (nSPS) is 54.0. The molecule has 6 atom stereocenters. The zero-order chi connectivity index (χ0) is 16.7. The second-order valence-corrected chi connectivity index (χ2v) is 9.55. The molecule has 0 bridgehead atoms. The van der Waals surface area contributed by atoms with Gasteiger partial charge in [-0.05, 0) is 74.0 Å². The van der Waals surface area contributed by atoms with Crippen molar-refractivity contribution in [2.24, 2.45) is 34.5 Å². The first-order valence-electron chi connectivity index (χ1n) is 9.53. The van der Waals surface area contributed by atoms with Gasteiger partial charge in [-0.1, -0.05) is 20.3 Å². The van der Waals surface area contributed by atoms with Crippen LogP contribution in [0.3, 0.4) is 0 Å². The SMILES string of the molecule is C[C@@]12CCC[C@H]1[C@@H]1CC[C@H]3CCC(O)(O)C(O)(O)[C@]3(C)[C@H]1CC2. The highest BCUT2D eigenvalue weighted by Crippen LogP contribution is 2.68. The summed E-state index contributed by atoms with van der Waals surface area (Å²) in [6.45, 7) is 4.34. The first kappa shape index (κ1) is 16.3. The van der Waals surface area contributed by atoms with E-state index in [2.05, 4.69) is 6.92 Å². The van der Waals surface area contributed by atoms with Crippen LogP contribution < -0.4 is 0 Å². The Morgan fingerprint density at radius 1 is 0.739 bits per heavy atom. The third kappa shape index (κ3) is 1.87. The van der Waals surface area contributed by atoms with Gasteiger partial charge in [0.2, 0.25) is 11.6 Å². The topological polar surface area (TPSA) is 80.9 Å². The van der Waals surface area contributed by atoms with Gasteiger partial charge in [0.25, 0.3) is 0 Å². The van der Waals surface area contributed by atoms with E-state index in [1.165, 1.54) is 25.7 Å². The van der Waals surface area contributed by atoms with Gasteiger partial charge in [0.15, 0.2) is 0 Å². The summed E-state index contributed by atoms with van der Waals surface area (Å²) in [5.41, 5.74) is -0.399. The number of hydrogen-bond acceptors (Lipinski definition) is 4. The van der Waals surface area contributed by atoms with E-state index in [-0.39, 0.29) is 18.3 Å². The maximum absolute atomic E-state index is 10.9. The lowest BCUT2D eigenvalue weighted by atomic mass is 9.43. The Morgan fingerprint density at radius 3 is 2.22 bits per heavy atom. The van der Waals surface area contributed by atoms with Crippen LogP contribution in [0.1, 0.15) is 71.6 Å². The van der Waals surface area contributed by atoms with Crippen LogP contribution in [0.5, 0.6) is 0 Å². The average molecular weight is 324 g/mol. The Kier molecular flexibility index (Phi) is 3.35. The van der Waals surface area contributed by atoms with Gasteiger partial charge in [0, 0.05) is 11.8 Å². The molecule has 4 saturated carbocycles. The van der Waals surface area contributed by atoms with Gasteiger partial charge in [0.1, 0.15) is 0 Å². The molecule has 23 heavy (non-hydrogen) atoms. The third-order valence-corrected chi connectivity index (χ3v) is 8.84. The summed E-state index contributed by atoms with van der Waals surface area (Å²) in [6.07, 6.45) is 8.87. The van der Waals surface area contributed by atoms with E-state index in [4.69, 9.17) is 0 Å². The molecule has 4 aliphatic carbocycles. The van der Waals surface area contributed by atoms with Crippen molar-refractivity contribution < 1.29 is 20.4 Å². The molecule has 0 unspecified atom stereocenters.